The van der Waals surface area contributed by atoms with Crippen LogP contribution in [0.5, 0.6) is 0 Å². The molecular weight excluding hydrogens is 358 g/mol. The van der Waals surface area contributed by atoms with Crippen molar-refractivity contribution in [3.63, 3.8) is 0 Å². The molecule has 1 saturated heterocycles. The number of guanidine groups is 1. The molecule has 2 heterocycles. The van der Waals surface area contributed by atoms with Crippen LogP contribution in [0.25, 0.3) is 0 Å². The van der Waals surface area contributed by atoms with Gasteiger partial charge < -0.3 is 15.5 Å². The fourth-order valence-corrected chi connectivity index (χ4v) is 5.36. The first-order valence-electron chi connectivity index (χ1n) is 10.2. The number of nitrogens with zero attached hydrogens (tertiary/aromatic N) is 3. The maximum atomic E-state index is 12.1. The maximum absolute atomic E-state index is 12.1. The summed E-state index contributed by atoms with van der Waals surface area (Å²) in [5, 5.41) is 7.28. The molecule has 1 aliphatic carbocycles. The van der Waals surface area contributed by atoms with E-state index in [2.05, 4.69) is 37.6 Å². The van der Waals surface area contributed by atoms with E-state index in [4.69, 9.17) is 0 Å². The van der Waals surface area contributed by atoms with Crippen molar-refractivity contribution >= 4 is 22.6 Å². The molecule has 1 saturated carbocycles. The first-order chi connectivity index (χ1) is 13.2. The highest BCUT2D eigenvalue weighted by atomic mass is 32.2. The molecule has 0 amide bonds. The number of pyridine rings is 1. The third-order valence-electron chi connectivity index (χ3n) is 5.55. The second-order valence-corrected chi connectivity index (χ2v) is 9.45. The van der Waals surface area contributed by atoms with Crippen molar-refractivity contribution in [3.8, 4) is 0 Å². The Hall–Kier alpha value is -1.63. The predicted octanol–water partition coefficient (Wildman–Crippen LogP) is 2.43. The van der Waals surface area contributed by atoms with Gasteiger partial charge in [-0.05, 0) is 49.8 Å². The van der Waals surface area contributed by atoms with Crippen molar-refractivity contribution in [3.05, 3.63) is 23.9 Å². The van der Waals surface area contributed by atoms with Gasteiger partial charge >= 0.3 is 0 Å². The molecule has 3 atom stereocenters. The largest absolute Gasteiger partial charge is 0.357 e. The van der Waals surface area contributed by atoms with E-state index >= 15 is 0 Å². The molecule has 7 heteroatoms. The second kappa shape index (κ2) is 10.1. The van der Waals surface area contributed by atoms with Crippen LogP contribution >= 0.6 is 0 Å². The lowest BCUT2D eigenvalue weighted by Gasteiger charge is -2.30. The minimum absolute atomic E-state index is 0.322. The van der Waals surface area contributed by atoms with Gasteiger partial charge in [0.1, 0.15) is 5.82 Å². The Morgan fingerprint density at radius 3 is 2.89 bits per heavy atom. The Bertz CT molecular complexity index is 660. The Morgan fingerprint density at radius 2 is 2.15 bits per heavy atom. The lowest BCUT2D eigenvalue weighted by molar-refractivity contribution is 0.413. The second-order valence-electron chi connectivity index (χ2n) is 7.44. The van der Waals surface area contributed by atoms with Gasteiger partial charge in [0.05, 0.1) is 0 Å². The van der Waals surface area contributed by atoms with E-state index in [1.54, 1.807) is 0 Å². The summed E-state index contributed by atoms with van der Waals surface area (Å²) in [7, 11) is 1.11. The van der Waals surface area contributed by atoms with Crippen LogP contribution in [0.15, 0.2) is 23.3 Å². The molecule has 0 bridgehead atoms. The number of aromatic nitrogens is 1. The quantitative estimate of drug-likeness (QED) is 0.576. The molecule has 2 aliphatic rings. The van der Waals surface area contributed by atoms with Gasteiger partial charge in [-0.2, -0.15) is 0 Å². The molecule has 1 aliphatic heterocycles. The van der Waals surface area contributed by atoms with Gasteiger partial charge in [0.25, 0.3) is 0 Å². The molecule has 2 N–H and O–H groups in total. The smallest absolute Gasteiger partial charge is 0.191 e. The zero-order valence-corrected chi connectivity index (χ0v) is 17.4. The summed E-state index contributed by atoms with van der Waals surface area (Å²) in [5.41, 5.74) is 1.21. The topological polar surface area (TPSA) is 69.6 Å². The number of nitrogens with one attached hydrogen (secondary N) is 2. The molecule has 3 unspecified atom stereocenters. The normalized spacial score (nSPS) is 24.7. The molecule has 0 radical (unpaired) electrons. The Labute approximate surface area is 165 Å². The molecule has 27 heavy (non-hydrogen) atoms. The van der Waals surface area contributed by atoms with Crippen molar-refractivity contribution < 1.29 is 4.21 Å². The van der Waals surface area contributed by atoms with Gasteiger partial charge in [0, 0.05) is 60.7 Å². The van der Waals surface area contributed by atoms with E-state index < -0.39 is 10.8 Å². The minimum Gasteiger partial charge on any atom is -0.357 e. The highest BCUT2D eigenvalue weighted by Gasteiger charge is 2.26. The van der Waals surface area contributed by atoms with Crippen LogP contribution in [-0.4, -0.2) is 52.3 Å². The molecule has 1 aromatic heterocycles. The zero-order chi connectivity index (χ0) is 19.1. The van der Waals surface area contributed by atoms with Gasteiger partial charge in [0.15, 0.2) is 5.96 Å². The molecule has 2 fully saturated rings. The predicted molar refractivity (Wildman–Crippen MR) is 114 cm³/mol. The highest BCUT2D eigenvalue weighted by molar-refractivity contribution is 7.85. The Kier molecular flexibility index (Phi) is 7.50. The molecule has 150 valence electrons. The average Bonchev–Trinajstić information content (AvgIpc) is 3.26. The van der Waals surface area contributed by atoms with Gasteiger partial charge in [-0.15, -0.1) is 0 Å². The number of hydrogen-bond acceptors (Lipinski definition) is 4. The van der Waals surface area contributed by atoms with Crippen molar-refractivity contribution in [2.24, 2.45) is 4.99 Å². The summed E-state index contributed by atoms with van der Waals surface area (Å²) < 4.78 is 12.1. The summed E-state index contributed by atoms with van der Waals surface area (Å²) in [6, 6.07) is 4.58. The maximum Gasteiger partial charge on any atom is 0.191 e. The van der Waals surface area contributed by atoms with Crippen molar-refractivity contribution in [1.29, 1.82) is 0 Å². The standard InChI is InChI=1S/C20H33N5OS/c1-3-27(26)18-8-6-7-17(14-18)24-20(21-2)23-15-16-9-10-22-19(13-16)25-11-4-5-12-25/h9-10,13,17-18H,3-8,11-12,14-15H2,1-2H3,(H2,21,23,24). The van der Waals surface area contributed by atoms with Crippen LogP contribution in [0.3, 0.4) is 0 Å². The highest BCUT2D eigenvalue weighted by Crippen LogP contribution is 2.23. The minimum atomic E-state index is -0.700. The Balaban J connectivity index is 1.52. The van der Waals surface area contributed by atoms with E-state index in [1.165, 1.54) is 18.4 Å². The van der Waals surface area contributed by atoms with Crippen LogP contribution in [0.2, 0.25) is 0 Å². The number of aliphatic imine (C=N–C) groups is 1. The van der Waals surface area contributed by atoms with E-state index in [1.807, 2.05) is 20.2 Å². The summed E-state index contributed by atoms with van der Waals surface area (Å²) in [5.74, 6) is 2.65. The molecule has 3 rings (SSSR count). The van der Waals surface area contributed by atoms with Crippen LogP contribution in [0, 0.1) is 0 Å². The summed E-state index contributed by atoms with van der Waals surface area (Å²) in [6.45, 7) is 4.95. The molecule has 6 nitrogen and oxygen atoms in total. The first-order valence-corrected chi connectivity index (χ1v) is 11.6. The third-order valence-corrected chi connectivity index (χ3v) is 7.29. The van der Waals surface area contributed by atoms with E-state index in [9.17, 15) is 4.21 Å². The summed E-state index contributed by atoms with van der Waals surface area (Å²) in [6.07, 6.45) is 8.71. The molecular formula is C20H33N5OS. The lowest BCUT2D eigenvalue weighted by Crippen LogP contribution is -2.46. The van der Waals surface area contributed by atoms with Gasteiger partial charge in [-0.3, -0.25) is 9.20 Å². The van der Waals surface area contributed by atoms with Crippen molar-refractivity contribution in [2.45, 2.75) is 63.3 Å². The Morgan fingerprint density at radius 1 is 1.33 bits per heavy atom. The molecule has 0 aromatic carbocycles. The van der Waals surface area contributed by atoms with Gasteiger partial charge in [-0.1, -0.05) is 13.3 Å². The van der Waals surface area contributed by atoms with E-state index in [-0.39, 0.29) is 0 Å². The average molecular weight is 392 g/mol. The van der Waals surface area contributed by atoms with E-state index in [0.29, 0.717) is 11.3 Å². The SMILES string of the molecule is CCS(=O)C1CCCC(NC(=NC)NCc2ccnc(N3CCCC3)c2)C1. The number of rotatable bonds is 6. The lowest BCUT2D eigenvalue weighted by atomic mass is 9.95. The van der Waals surface area contributed by atoms with Crippen molar-refractivity contribution in [1.82, 2.24) is 15.6 Å². The van der Waals surface area contributed by atoms with Crippen LogP contribution in [-0.2, 0) is 17.3 Å². The number of hydrogen-bond donors (Lipinski definition) is 2. The fourth-order valence-electron chi connectivity index (χ4n) is 4.01. The van der Waals surface area contributed by atoms with Crippen LogP contribution in [0.4, 0.5) is 5.82 Å². The fraction of sp³-hybridized carbons (Fsp3) is 0.700. The van der Waals surface area contributed by atoms with Crippen LogP contribution < -0.4 is 15.5 Å². The van der Waals surface area contributed by atoms with Crippen LogP contribution in [0.1, 0.15) is 51.0 Å². The van der Waals surface area contributed by atoms with Crippen molar-refractivity contribution in [2.75, 3.05) is 30.8 Å². The molecule has 1 aromatic rings. The van der Waals surface area contributed by atoms with E-state index in [0.717, 1.165) is 62.8 Å². The monoisotopic (exact) mass is 391 g/mol. The summed E-state index contributed by atoms with van der Waals surface area (Å²) >= 11 is 0. The van der Waals surface area contributed by atoms with Gasteiger partial charge in [-0.25, -0.2) is 4.98 Å². The number of anilines is 1. The zero-order valence-electron chi connectivity index (χ0n) is 16.6. The van der Waals surface area contributed by atoms with Gasteiger partial charge in [0.2, 0.25) is 0 Å². The first kappa shape index (κ1) is 20.1. The molecule has 0 spiro atoms. The summed E-state index contributed by atoms with van der Waals surface area (Å²) in [4.78, 5) is 11.3. The third kappa shape index (κ3) is 5.67.